The average Bonchev–Trinajstić information content (AvgIpc) is 2.93. The van der Waals surface area contributed by atoms with Crippen LogP contribution in [-0.4, -0.2) is 59.4 Å². The van der Waals surface area contributed by atoms with Crippen molar-refractivity contribution in [2.75, 3.05) is 26.7 Å². The van der Waals surface area contributed by atoms with Crippen molar-refractivity contribution in [1.82, 2.24) is 15.2 Å². The maximum atomic E-state index is 13.5. The van der Waals surface area contributed by atoms with E-state index in [1.54, 1.807) is 31.3 Å². The number of aliphatic hydroxyl groups is 1. The van der Waals surface area contributed by atoms with E-state index in [4.69, 9.17) is 4.74 Å². The Hall–Kier alpha value is -3.97. The number of piperazine rings is 1. The second kappa shape index (κ2) is 12.5. The number of aliphatic imine (C=N–C) groups is 1. The van der Waals surface area contributed by atoms with Crippen molar-refractivity contribution >= 4 is 17.2 Å². The fourth-order valence-electron chi connectivity index (χ4n) is 4.52. The van der Waals surface area contributed by atoms with E-state index in [-0.39, 0.29) is 12.5 Å². The highest BCUT2D eigenvalue weighted by Crippen LogP contribution is 2.28. The first-order valence-electron chi connectivity index (χ1n) is 13.0. The second-order valence-corrected chi connectivity index (χ2v) is 9.79. The number of rotatable bonds is 9. The maximum Gasteiger partial charge on any atom is 0.270 e. The number of hydrogen-bond donors (Lipinski definition) is 2. The molecule has 1 aromatic heterocycles. The molecule has 0 spiro atoms. The molecule has 7 heteroatoms. The number of β-amino-alcohol motifs (C(OH)–C–C–N with tert-alkyl or cyclic N) is 1. The van der Waals surface area contributed by atoms with Gasteiger partial charge in [0.25, 0.3) is 5.91 Å². The van der Waals surface area contributed by atoms with E-state index in [0.717, 1.165) is 22.4 Å². The Kier molecular flexibility index (Phi) is 8.92. The predicted molar refractivity (Wildman–Crippen MR) is 151 cm³/mol. The number of amides is 1. The summed E-state index contributed by atoms with van der Waals surface area (Å²) in [6.45, 7) is 7.91. The summed E-state index contributed by atoms with van der Waals surface area (Å²) in [5, 5.41) is 13.2. The van der Waals surface area contributed by atoms with Crippen LogP contribution in [0, 0.1) is 0 Å². The fraction of sp³-hybridized carbons (Fsp3) is 0.323. The molecule has 7 nitrogen and oxygen atoms in total. The number of allylic oxidation sites excluding steroid dienone is 1. The van der Waals surface area contributed by atoms with Crippen LogP contribution >= 0.6 is 0 Å². The van der Waals surface area contributed by atoms with Crippen molar-refractivity contribution < 1.29 is 14.6 Å². The van der Waals surface area contributed by atoms with Crippen LogP contribution in [0.1, 0.15) is 48.9 Å². The Bertz CT molecular complexity index is 1280. The highest BCUT2D eigenvalue weighted by atomic mass is 16.5. The minimum absolute atomic E-state index is 0.160. The van der Waals surface area contributed by atoms with Crippen molar-refractivity contribution in [3.63, 3.8) is 0 Å². The molecule has 2 N–H and O–H groups in total. The SMILES string of the molecule is CN=C(/C(=C1\NCCN(CC(C)O)C1=O)c1ccc(OCc2ccc(C(C)C)cc2)cc1)c1ccncc1. The molecule has 3 aromatic rings. The molecule has 198 valence electrons. The Balaban J connectivity index is 1.64. The summed E-state index contributed by atoms with van der Waals surface area (Å²) in [6.07, 6.45) is 2.81. The number of nitrogens with zero attached hydrogens (tertiary/aromatic N) is 3. The zero-order valence-electron chi connectivity index (χ0n) is 22.5. The number of pyridine rings is 1. The monoisotopic (exact) mass is 512 g/mol. The highest BCUT2D eigenvalue weighted by molar-refractivity contribution is 6.35. The molecule has 2 heterocycles. The van der Waals surface area contributed by atoms with Gasteiger partial charge in [-0.05, 0) is 53.8 Å². The fourth-order valence-corrected chi connectivity index (χ4v) is 4.52. The Labute approximate surface area is 224 Å². The summed E-state index contributed by atoms with van der Waals surface area (Å²) >= 11 is 0. The van der Waals surface area contributed by atoms with E-state index in [0.29, 0.717) is 42.6 Å². The van der Waals surface area contributed by atoms with E-state index >= 15 is 0 Å². The predicted octanol–water partition coefficient (Wildman–Crippen LogP) is 4.43. The molecule has 1 aliphatic rings. The molecule has 1 atom stereocenters. The minimum Gasteiger partial charge on any atom is -0.489 e. The van der Waals surface area contributed by atoms with Gasteiger partial charge >= 0.3 is 0 Å². The van der Waals surface area contributed by atoms with Gasteiger partial charge in [-0.1, -0.05) is 50.2 Å². The van der Waals surface area contributed by atoms with Gasteiger partial charge in [-0.2, -0.15) is 0 Å². The van der Waals surface area contributed by atoms with Crippen molar-refractivity contribution in [1.29, 1.82) is 0 Å². The minimum atomic E-state index is -0.612. The van der Waals surface area contributed by atoms with Crippen LogP contribution in [0.5, 0.6) is 5.75 Å². The van der Waals surface area contributed by atoms with Crippen molar-refractivity contribution in [2.45, 2.75) is 39.4 Å². The van der Waals surface area contributed by atoms with Gasteiger partial charge in [0.15, 0.2) is 0 Å². The van der Waals surface area contributed by atoms with Crippen molar-refractivity contribution in [2.24, 2.45) is 4.99 Å². The van der Waals surface area contributed by atoms with Crippen LogP contribution in [0.3, 0.4) is 0 Å². The molecule has 1 fully saturated rings. The molecule has 1 saturated heterocycles. The molecule has 4 rings (SSSR count). The molecule has 1 amide bonds. The third-order valence-electron chi connectivity index (χ3n) is 6.53. The molecular weight excluding hydrogens is 476 g/mol. The zero-order valence-corrected chi connectivity index (χ0v) is 22.5. The molecule has 38 heavy (non-hydrogen) atoms. The molecule has 1 aliphatic heterocycles. The van der Waals surface area contributed by atoms with Crippen molar-refractivity contribution in [3.8, 4) is 5.75 Å². The lowest BCUT2D eigenvalue weighted by molar-refractivity contribution is -0.130. The molecule has 0 aliphatic carbocycles. The lowest BCUT2D eigenvalue weighted by Gasteiger charge is -2.32. The molecule has 0 saturated carbocycles. The number of carbonyl (C=O) groups excluding carboxylic acids is 1. The van der Waals surface area contributed by atoms with E-state index in [1.807, 2.05) is 36.4 Å². The van der Waals surface area contributed by atoms with Crippen LogP contribution in [0.2, 0.25) is 0 Å². The maximum absolute atomic E-state index is 13.5. The second-order valence-electron chi connectivity index (χ2n) is 9.79. The Morgan fingerprint density at radius 2 is 1.71 bits per heavy atom. The largest absolute Gasteiger partial charge is 0.489 e. The van der Waals surface area contributed by atoms with E-state index in [2.05, 4.69) is 53.4 Å². The summed E-state index contributed by atoms with van der Waals surface area (Å²) in [4.78, 5) is 23.9. The number of ether oxygens (including phenoxy) is 1. The molecule has 1 unspecified atom stereocenters. The van der Waals surface area contributed by atoms with Crippen molar-refractivity contribution in [3.05, 3.63) is 101 Å². The summed E-state index contributed by atoms with van der Waals surface area (Å²) in [5.41, 5.74) is 5.96. The van der Waals surface area contributed by atoms with E-state index in [1.165, 1.54) is 5.56 Å². The van der Waals surface area contributed by atoms with Gasteiger partial charge in [-0.15, -0.1) is 0 Å². The van der Waals surface area contributed by atoms with Crippen LogP contribution in [0.4, 0.5) is 0 Å². The van der Waals surface area contributed by atoms with Gasteiger partial charge in [0.2, 0.25) is 0 Å². The normalized spacial score (nSPS) is 16.3. The summed E-state index contributed by atoms with van der Waals surface area (Å²) in [7, 11) is 1.72. The quantitative estimate of drug-likeness (QED) is 0.327. The van der Waals surface area contributed by atoms with Crippen LogP contribution in [0.25, 0.3) is 5.57 Å². The average molecular weight is 513 g/mol. The van der Waals surface area contributed by atoms with Gasteiger partial charge in [-0.3, -0.25) is 14.8 Å². The lowest BCUT2D eigenvalue weighted by Crippen LogP contribution is -2.49. The number of hydrogen-bond acceptors (Lipinski definition) is 6. The van der Waals surface area contributed by atoms with Crippen LogP contribution in [-0.2, 0) is 11.4 Å². The summed E-state index contributed by atoms with van der Waals surface area (Å²) in [5.74, 6) is 1.07. The lowest BCUT2D eigenvalue weighted by atomic mass is 9.93. The van der Waals surface area contributed by atoms with Gasteiger partial charge < -0.3 is 20.1 Å². The standard InChI is InChI=1S/C31H36N4O3/c1-21(2)24-7-5-23(6-8-24)20-38-27-11-9-25(10-12-27)28(29(32-4)26-13-15-33-16-14-26)30-31(37)35(18-17-34-30)19-22(3)36/h5-16,21-22,34,36H,17-20H2,1-4H3/b30-28-,32-29?. The van der Waals surface area contributed by atoms with E-state index in [9.17, 15) is 9.90 Å². The van der Waals surface area contributed by atoms with Gasteiger partial charge in [-0.25, -0.2) is 0 Å². The van der Waals surface area contributed by atoms with Crippen LogP contribution in [0.15, 0.2) is 83.7 Å². The first kappa shape index (κ1) is 27.1. The third kappa shape index (κ3) is 6.47. The summed E-state index contributed by atoms with van der Waals surface area (Å²) < 4.78 is 6.05. The smallest absolute Gasteiger partial charge is 0.270 e. The first-order valence-corrected chi connectivity index (χ1v) is 13.0. The number of aromatic nitrogens is 1. The number of aliphatic hydroxyl groups excluding tert-OH is 1. The molecule has 0 radical (unpaired) electrons. The van der Waals surface area contributed by atoms with Crippen LogP contribution < -0.4 is 10.1 Å². The zero-order chi connectivity index (χ0) is 27.1. The van der Waals surface area contributed by atoms with E-state index < -0.39 is 6.10 Å². The van der Waals surface area contributed by atoms with Gasteiger partial charge in [0.05, 0.1) is 11.8 Å². The van der Waals surface area contributed by atoms with Gasteiger partial charge in [0, 0.05) is 50.2 Å². The summed E-state index contributed by atoms with van der Waals surface area (Å²) in [6, 6.07) is 20.0. The first-order chi connectivity index (χ1) is 18.4. The molecule has 0 bridgehead atoms. The number of benzene rings is 2. The molecule has 2 aromatic carbocycles. The Morgan fingerprint density at radius 3 is 2.32 bits per heavy atom. The molecular formula is C31H36N4O3. The highest BCUT2D eigenvalue weighted by Gasteiger charge is 2.29. The van der Waals surface area contributed by atoms with Gasteiger partial charge in [0.1, 0.15) is 18.1 Å². The Morgan fingerprint density at radius 1 is 1.03 bits per heavy atom. The number of nitrogens with one attached hydrogen (secondary N) is 1. The topological polar surface area (TPSA) is 87.1 Å². The number of carbonyl (C=O) groups is 1. The third-order valence-corrected chi connectivity index (χ3v) is 6.53.